The van der Waals surface area contributed by atoms with E-state index in [1.807, 2.05) is 24.3 Å². The van der Waals surface area contributed by atoms with Crippen LogP contribution < -0.4 is 0 Å². The average Bonchev–Trinajstić information content (AvgIpc) is 3.31. The highest BCUT2D eigenvalue weighted by Gasteiger charge is 2.15. The van der Waals surface area contributed by atoms with Crippen molar-refractivity contribution >= 4 is 88.4 Å². The van der Waals surface area contributed by atoms with Crippen LogP contribution in [0.15, 0.2) is 72.8 Å². The van der Waals surface area contributed by atoms with E-state index < -0.39 is 0 Å². The maximum atomic E-state index is 6.21. The summed E-state index contributed by atoms with van der Waals surface area (Å²) >= 11 is 12.4. The fourth-order valence-corrected chi connectivity index (χ4v) is 5.27. The Morgan fingerprint density at radius 3 is 1.70 bits per heavy atom. The molecular weight excluding hydrogens is 411 g/mol. The molecule has 0 aliphatic carbocycles. The molecule has 0 spiro atoms. The van der Waals surface area contributed by atoms with E-state index in [2.05, 4.69) is 58.5 Å². The van der Waals surface area contributed by atoms with Crippen molar-refractivity contribution in [1.29, 1.82) is 0 Å². The summed E-state index contributed by atoms with van der Waals surface area (Å²) in [6.07, 6.45) is 0. The molecule has 2 aromatic heterocycles. The fourth-order valence-electron chi connectivity index (χ4n) is 4.90. The Morgan fingerprint density at radius 1 is 0.467 bits per heavy atom. The minimum absolute atomic E-state index is 0.753. The van der Waals surface area contributed by atoms with Gasteiger partial charge in [-0.05, 0) is 41.1 Å². The summed E-state index contributed by atoms with van der Waals surface area (Å²) in [4.78, 5) is 7.38. The maximum Gasteiger partial charge on any atom is 0.0566 e. The molecule has 142 valence electrons. The number of halogens is 2. The molecule has 0 atom stereocenters. The van der Waals surface area contributed by atoms with Gasteiger partial charge in [-0.2, -0.15) is 0 Å². The van der Waals surface area contributed by atoms with Gasteiger partial charge in [-0.3, -0.25) is 0 Å². The normalized spacial score (nSPS) is 12.3. The second-order valence-corrected chi connectivity index (χ2v) is 8.74. The summed E-state index contributed by atoms with van der Waals surface area (Å²) in [6.45, 7) is 0. The molecule has 30 heavy (non-hydrogen) atoms. The van der Waals surface area contributed by atoms with Crippen molar-refractivity contribution < 1.29 is 0 Å². The third-order valence-corrected chi connectivity index (χ3v) is 6.71. The number of nitrogens with one attached hydrogen (secondary N) is 2. The zero-order valence-electron chi connectivity index (χ0n) is 15.7. The molecule has 0 radical (unpaired) electrons. The molecular formula is C26H14Cl2N2. The number of H-pyrrole nitrogens is 2. The van der Waals surface area contributed by atoms with Crippen LogP contribution in [-0.4, -0.2) is 9.97 Å². The summed E-state index contributed by atoms with van der Waals surface area (Å²) in [5.74, 6) is 0. The van der Waals surface area contributed by atoms with E-state index >= 15 is 0 Å². The maximum absolute atomic E-state index is 6.21. The van der Waals surface area contributed by atoms with Crippen LogP contribution in [0.2, 0.25) is 10.0 Å². The van der Waals surface area contributed by atoms with Gasteiger partial charge in [0.2, 0.25) is 0 Å². The predicted octanol–water partition coefficient (Wildman–Crippen LogP) is 8.57. The standard InChI is InChI=1S/C26H14Cl2N2/c27-15-3-7-17-13(11-15)1-5-19-20-9-10-22-23(26(20)30-24(17)19)21-6-2-14-12-16(28)4-8-18(14)25(21)29-22/h1-12,29-30H. The molecule has 0 unspecified atom stereocenters. The van der Waals surface area contributed by atoms with Crippen LogP contribution in [0.4, 0.5) is 0 Å². The molecule has 2 N–H and O–H groups in total. The molecule has 0 bridgehead atoms. The van der Waals surface area contributed by atoms with Crippen LogP contribution in [0.1, 0.15) is 0 Å². The second-order valence-electron chi connectivity index (χ2n) is 7.87. The zero-order chi connectivity index (χ0) is 20.0. The number of hydrogen-bond donors (Lipinski definition) is 2. The average molecular weight is 425 g/mol. The molecule has 0 saturated carbocycles. The number of aromatic nitrogens is 2. The van der Waals surface area contributed by atoms with E-state index in [4.69, 9.17) is 23.2 Å². The number of aromatic amines is 2. The molecule has 0 saturated heterocycles. The van der Waals surface area contributed by atoms with Gasteiger partial charge in [-0.15, -0.1) is 0 Å². The van der Waals surface area contributed by atoms with Crippen LogP contribution in [0.5, 0.6) is 0 Å². The monoisotopic (exact) mass is 424 g/mol. The first-order valence-electron chi connectivity index (χ1n) is 9.84. The van der Waals surface area contributed by atoms with Crippen LogP contribution >= 0.6 is 23.2 Å². The smallest absolute Gasteiger partial charge is 0.0566 e. The highest BCUT2D eigenvalue weighted by Crippen LogP contribution is 2.39. The third kappa shape index (κ3) is 2.10. The predicted molar refractivity (Wildman–Crippen MR) is 130 cm³/mol. The number of benzene rings is 5. The summed E-state index contributed by atoms with van der Waals surface area (Å²) in [7, 11) is 0. The van der Waals surface area contributed by atoms with Gasteiger partial charge >= 0.3 is 0 Å². The van der Waals surface area contributed by atoms with E-state index in [1.54, 1.807) is 0 Å². The molecule has 5 aromatic carbocycles. The van der Waals surface area contributed by atoms with Crippen molar-refractivity contribution in [3.8, 4) is 0 Å². The Labute approximate surface area is 181 Å². The Bertz CT molecular complexity index is 1820. The fraction of sp³-hybridized carbons (Fsp3) is 0. The van der Waals surface area contributed by atoms with E-state index in [1.165, 1.54) is 32.3 Å². The third-order valence-electron chi connectivity index (χ3n) is 6.24. The first kappa shape index (κ1) is 16.6. The van der Waals surface area contributed by atoms with Gasteiger partial charge in [0.1, 0.15) is 0 Å². The molecule has 0 aliphatic rings. The van der Waals surface area contributed by atoms with Gasteiger partial charge in [0.05, 0.1) is 16.6 Å². The molecule has 2 nitrogen and oxygen atoms in total. The molecule has 4 heteroatoms. The van der Waals surface area contributed by atoms with Gasteiger partial charge < -0.3 is 9.97 Å². The molecule has 0 amide bonds. The Kier molecular flexibility index (Phi) is 3.15. The van der Waals surface area contributed by atoms with E-state index in [0.717, 1.165) is 42.9 Å². The lowest BCUT2D eigenvalue weighted by Crippen LogP contribution is -1.76. The van der Waals surface area contributed by atoms with Crippen molar-refractivity contribution in [3.05, 3.63) is 82.8 Å². The summed E-state index contributed by atoms with van der Waals surface area (Å²) in [5.41, 5.74) is 4.57. The van der Waals surface area contributed by atoms with Crippen molar-refractivity contribution in [1.82, 2.24) is 9.97 Å². The first-order chi connectivity index (χ1) is 14.7. The van der Waals surface area contributed by atoms with Crippen LogP contribution in [-0.2, 0) is 0 Å². The summed E-state index contributed by atoms with van der Waals surface area (Å²) < 4.78 is 0. The quantitative estimate of drug-likeness (QED) is 0.244. The van der Waals surface area contributed by atoms with Crippen LogP contribution in [0, 0.1) is 0 Å². The highest BCUT2D eigenvalue weighted by atomic mass is 35.5. The molecule has 7 rings (SSSR count). The topological polar surface area (TPSA) is 31.6 Å². The minimum Gasteiger partial charge on any atom is -0.354 e. The van der Waals surface area contributed by atoms with E-state index in [0.29, 0.717) is 0 Å². The minimum atomic E-state index is 0.753. The van der Waals surface area contributed by atoms with Gasteiger partial charge in [0.25, 0.3) is 0 Å². The van der Waals surface area contributed by atoms with Crippen molar-refractivity contribution in [2.24, 2.45) is 0 Å². The van der Waals surface area contributed by atoms with Crippen LogP contribution in [0.3, 0.4) is 0 Å². The lowest BCUT2D eigenvalue weighted by Gasteiger charge is -2.00. The largest absolute Gasteiger partial charge is 0.354 e. The molecule has 2 heterocycles. The number of rotatable bonds is 0. The SMILES string of the molecule is Clc1ccc2c(ccc3c4ccc5[nH]c6c7ccc(Cl)cc7ccc6c5c4[nH]c23)c1. The van der Waals surface area contributed by atoms with E-state index in [9.17, 15) is 0 Å². The Morgan fingerprint density at radius 2 is 1.00 bits per heavy atom. The second kappa shape index (κ2) is 5.69. The Balaban J connectivity index is 1.68. The molecule has 0 fully saturated rings. The molecule has 7 aromatic rings. The van der Waals surface area contributed by atoms with Gasteiger partial charge in [-0.1, -0.05) is 65.7 Å². The summed E-state index contributed by atoms with van der Waals surface area (Å²) in [5, 5.41) is 11.0. The van der Waals surface area contributed by atoms with Gasteiger partial charge in [0, 0.05) is 47.9 Å². The first-order valence-corrected chi connectivity index (χ1v) is 10.6. The number of fused-ring (bicyclic) bond motifs is 11. The highest BCUT2D eigenvalue weighted by molar-refractivity contribution is 6.33. The van der Waals surface area contributed by atoms with Crippen molar-refractivity contribution in [3.63, 3.8) is 0 Å². The van der Waals surface area contributed by atoms with Crippen molar-refractivity contribution in [2.45, 2.75) is 0 Å². The lowest BCUT2D eigenvalue weighted by molar-refractivity contribution is 1.56. The lowest BCUT2D eigenvalue weighted by atomic mass is 10.0. The Hall–Kier alpha value is -3.20. The zero-order valence-corrected chi connectivity index (χ0v) is 17.2. The van der Waals surface area contributed by atoms with Crippen molar-refractivity contribution in [2.75, 3.05) is 0 Å². The molecule has 0 aliphatic heterocycles. The van der Waals surface area contributed by atoms with Gasteiger partial charge in [0.15, 0.2) is 0 Å². The van der Waals surface area contributed by atoms with Crippen LogP contribution in [0.25, 0.3) is 65.2 Å². The van der Waals surface area contributed by atoms with Gasteiger partial charge in [-0.25, -0.2) is 0 Å². The summed E-state index contributed by atoms with van der Waals surface area (Å²) in [6, 6.07) is 25.2. The van der Waals surface area contributed by atoms with E-state index in [-0.39, 0.29) is 0 Å². The number of hydrogen-bond acceptors (Lipinski definition) is 0.